The number of carbonyl (C=O) groups is 1. The summed E-state index contributed by atoms with van der Waals surface area (Å²) < 4.78 is 13.3. The van der Waals surface area contributed by atoms with Crippen LogP contribution in [0.15, 0.2) is 66.7 Å². The van der Waals surface area contributed by atoms with Crippen LogP contribution in [0.1, 0.15) is 32.1 Å². The molecule has 32 heavy (non-hydrogen) atoms. The number of hydrogen-bond donors (Lipinski definition) is 0. The number of nitrogens with zero attached hydrogens (tertiary/aromatic N) is 3. The number of halogens is 2. The molecule has 5 rings (SSSR count). The van der Waals surface area contributed by atoms with Crippen molar-refractivity contribution in [3.63, 3.8) is 0 Å². The lowest BCUT2D eigenvalue weighted by atomic mass is 9.78. The van der Waals surface area contributed by atoms with E-state index in [1.165, 1.54) is 12.1 Å². The van der Waals surface area contributed by atoms with E-state index in [4.69, 9.17) is 16.6 Å². The van der Waals surface area contributed by atoms with Crippen molar-refractivity contribution in [3.05, 3.63) is 77.6 Å². The highest BCUT2D eigenvalue weighted by Crippen LogP contribution is 2.41. The zero-order valence-corrected chi connectivity index (χ0v) is 18.6. The molecule has 0 unspecified atom stereocenters. The molecule has 6 heteroatoms. The van der Waals surface area contributed by atoms with Crippen molar-refractivity contribution in [2.45, 2.75) is 37.6 Å². The Morgan fingerprint density at radius 2 is 1.62 bits per heavy atom. The third-order valence-electron chi connectivity index (χ3n) is 6.73. The van der Waals surface area contributed by atoms with Crippen molar-refractivity contribution in [3.8, 4) is 11.3 Å². The van der Waals surface area contributed by atoms with Crippen LogP contribution in [0.3, 0.4) is 0 Å². The second-order valence-corrected chi connectivity index (χ2v) is 9.09. The van der Waals surface area contributed by atoms with Gasteiger partial charge in [-0.15, -0.1) is 0 Å². The van der Waals surface area contributed by atoms with Gasteiger partial charge in [-0.05, 0) is 86.3 Å². The maximum absolute atomic E-state index is 13.3. The Morgan fingerprint density at radius 1 is 0.906 bits per heavy atom. The molecular formula is C26H25ClFN3O. The highest BCUT2D eigenvalue weighted by molar-refractivity contribution is 6.30. The van der Waals surface area contributed by atoms with Gasteiger partial charge >= 0.3 is 0 Å². The zero-order chi connectivity index (χ0) is 22.1. The predicted molar refractivity (Wildman–Crippen MR) is 127 cm³/mol. The molecule has 0 radical (unpaired) electrons. The van der Waals surface area contributed by atoms with Crippen LogP contribution in [0.4, 0.5) is 15.9 Å². The van der Waals surface area contributed by atoms with E-state index < -0.39 is 0 Å². The minimum atomic E-state index is -0.251. The van der Waals surface area contributed by atoms with Crippen LogP contribution in [0.5, 0.6) is 0 Å². The number of amides is 1. The molecule has 0 N–H and O–H groups in total. The van der Waals surface area contributed by atoms with Crippen LogP contribution in [0, 0.1) is 5.82 Å². The lowest BCUT2D eigenvalue weighted by molar-refractivity contribution is -0.121. The first-order valence-corrected chi connectivity index (χ1v) is 11.5. The average Bonchev–Trinajstić information content (AvgIpc) is 2.81. The molecule has 2 saturated heterocycles. The van der Waals surface area contributed by atoms with Gasteiger partial charge in [0.2, 0.25) is 5.91 Å². The minimum absolute atomic E-state index is 0.159. The Hall–Kier alpha value is -2.92. The van der Waals surface area contributed by atoms with E-state index in [2.05, 4.69) is 4.90 Å². The van der Waals surface area contributed by atoms with Crippen molar-refractivity contribution in [2.75, 3.05) is 22.9 Å². The number of anilines is 2. The maximum atomic E-state index is 13.3. The predicted octanol–water partition coefficient (Wildman–Crippen LogP) is 6.10. The highest BCUT2D eigenvalue weighted by atomic mass is 35.5. The molecule has 1 spiro atoms. The van der Waals surface area contributed by atoms with Crippen molar-refractivity contribution >= 4 is 29.0 Å². The minimum Gasteiger partial charge on any atom is -0.356 e. The summed E-state index contributed by atoms with van der Waals surface area (Å²) in [5.41, 5.74) is 2.50. The summed E-state index contributed by atoms with van der Waals surface area (Å²) in [5, 5.41) is 0.675. The van der Waals surface area contributed by atoms with Gasteiger partial charge in [-0.2, -0.15) is 0 Å². The van der Waals surface area contributed by atoms with Crippen molar-refractivity contribution in [1.29, 1.82) is 0 Å². The number of carbonyl (C=O) groups excluding carboxylic acids is 1. The van der Waals surface area contributed by atoms with E-state index in [9.17, 15) is 9.18 Å². The molecular weight excluding hydrogens is 425 g/mol. The lowest BCUT2D eigenvalue weighted by Crippen LogP contribution is -2.60. The number of benzene rings is 2. The summed E-state index contributed by atoms with van der Waals surface area (Å²) in [6.07, 6.45) is 4.32. The normalized spacial score (nSPS) is 18.2. The molecule has 1 aromatic heterocycles. The van der Waals surface area contributed by atoms with Crippen LogP contribution in [-0.4, -0.2) is 29.5 Å². The fourth-order valence-corrected chi connectivity index (χ4v) is 5.20. The van der Waals surface area contributed by atoms with Crippen LogP contribution < -0.4 is 9.80 Å². The topological polar surface area (TPSA) is 36.4 Å². The lowest BCUT2D eigenvalue weighted by Gasteiger charge is -2.51. The first-order chi connectivity index (χ1) is 15.5. The van der Waals surface area contributed by atoms with E-state index in [0.29, 0.717) is 11.4 Å². The Labute approximate surface area is 192 Å². The third-order valence-corrected chi connectivity index (χ3v) is 6.99. The van der Waals surface area contributed by atoms with E-state index >= 15 is 0 Å². The number of hydrogen-bond acceptors (Lipinski definition) is 3. The van der Waals surface area contributed by atoms with Crippen LogP contribution >= 0.6 is 11.6 Å². The fraction of sp³-hybridized carbons (Fsp3) is 0.308. The second-order valence-electron chi connectivity index (χ2n) is 8.66. The first kappa shape index (κ1) is 21.0. The monoisotopic (exact) mass is 449 g/mol. The largest absolute Gasteiger partial charge is 0.356 e. The van der Waals surface area contributed by atoms with Gasteiger partial charge in [-0.3, -0.25) is 4.79 Å². The molecule has 0 atom stereocenters. The molecule has 0 saturated carbocycles. The van der Waals surface area contributed by atoms with Crippen molar-refractivity contribution in [1.82, 2.24) is 4.98 Å². The van der Waals surface area contributed by atoms with E-state index in [1.807, 2.05) is 47.4 Å². The summed E-state index contributed by atoms with van der Waals surface area (Å²) in [5.74, 6) is 0.865. The molecule has 4 nitrogen and oxygen atoms in total. The van der Waals surface area contributed by atoms with E-state index in [0.717, 1.165) is 61.5 Å². The molecule has 2 aromatic carbocycles. The van der Waals surface area contributed by atoms with Gasteiger partial charge in [0.25, 0.3) is 0 Å². The molecule has 2 aliphatic heterocycles. The summed E-state index contributed by atoms with van der Waals surface area (Å²) in [6, 6.07) is 20.0. The molecule has 2 fully saturated rings. The van der Waals surface area contributed by atoms with Gasteiger partial charge in [-0.1, -0.05) is 17.7 Å². The number of piperidine rings is 2. The maximum Gasteiger partial charge on any atom is 0.227 e. The summed E-state index contributed by atoms with van der Waals surface area (Å²) in [7, 11) is 0. The second kappa shape index (κ2) is 8.55. The standard InChI is InChI=1S/C26H25ClFN3O/c27-20-8-12-22(13-9-20)31-25(32)5-2-14-26(31)15-17-30(18-16-26)24-4-1-3-23(29-24)19-6-10-21(28)11-7-19/h1,3-4,6-13H,2,5,14-18H2. The van der Waals surface area contributed by atoms with Crippen molar-refractivity contribution in [2.24, 2.45) is 0 Å². The van der Waals surface area contributed by atoms with E-state index in [-0.39, 0.29) is 17.3 Å². The smallest absolute Gasteiger partial charge is 0.227 e. The quantitative estimate of drug-likeness (QED) is 0.485. The summed E-state index contributed by atoms with van der Waals surface area (Å²) >= 11 is 6.08. The van der Waals surface area contributed by atoms with Gasteiger partial charge in [-0.25, -0.2) is 9.37 Å². The van der Waals surface area contributed by atoms with Gasteiger partial charge < -0.3 is 9.80 Å². The van der Waals surface area contributed by atoms with Crippen LogP contribution in [0.2, 0.25) is 5.02 Å². The van der Waals surface area contributed by atoms with Crippen LogP contribution in [0.25, 0.3) is 11.3 Å². The van der Waals surface area contributed by atoms with Gasteiger partial charge in [0, 0.05) is 35.8 Å². The zero-order valence-electron chi connectivity index (χ0n) is 17.8. The number of aromatic nitrogens is 1. The van der Waals surface area contributed by atoms with Crippen LogP contribution in [-0.2, 0) is 4.79 Å². The number of rotatable bonds is 3. The van der Waals surface area contributed by atoms with Crippen molar-refractivity contribution < 1.29 is 9.18 Å². The Balaban J connectivity index is 1.37. The summed E-state index contributed by atoms with van der Waals surface area (Å²) in [6.45, 7) is 1.66. The highest BCUT2D eigenvalue weighted by Gasteiger charge is 2.45. The molecule has 0 bridgehead atoms. The number of pyridine rings is 1. The van der Waals surface area contributed by atoms with Gasteiger partial charge in [0.05, 0.1) is 11.2 Å². The Bertz CT molecular complexity index is 1110. The Kier molecular flexibility index (Phi) is 5.60. The van der Waals surface area contributed by atoms with E-state index in [1.54, 1.807) is 12.1 Å². The third kappa shape index (κ3) is 3.97. The molecule has 1 amide bonds. The molecule has 164 valence electrons. The average molecular weight is 450 g/mol. The Morgan fingerprint density at radius 3 is 2.34 bits per heavy atom. The molecule has 3 aromatic rings. The SMILES string of the molecule is O=C1CCCC2(CCN(c3cccc(-c4ccc(F)cc4)n3)CC2)N1c1ccc(Cl)cc1. The first-order valence-electron chi connectivity index (χ1n) is 11.1. The molecule has 0 aliphatic carbocycles. The molecule has 3 heterocycles. The fourth-order valence-electron chi connectivity index (χ4n) is 5.07. The van der Waals surface area contributed by atoms with Gasteiger partial charge in [0.15, 0.2) is 0 Å². The van der Waals surface area contributed by atoms with Gasteiger partial charge in [0.1, 0.15) is 11.6 Å². The summed E-state index contributed by atoms with van der Waals surface area (Å²) in [4.78, 5) is 22.1. The molecule has 2 aliphatic rings.